The van der Waals surface area contributed by atoms with Crippen LogP contribution in [-0.2, 0) is 33.6 Å². The predicted molar refractivity (Wildman–Crippen MR) is 178 cm³/mol. The average molecular weight is 643 g/mol. The minimum Gasteiger partial charge on any atom is -0.358 e. The number of rotatable bonds is 15. The minimum atomic E-state index is -0.906. The largest absolute Gasteiger partial charge is 0.358 e. The summed E-state index contributed by atoms with van der Waals surface area (Å²) in [6, 6.07) is 8.76. The molecule has 12 heteroatoms. The number of nitrogens with zero attached hydrogens (tertiary/aromatic N) is 4. The highest BCUT2D eigenvalue weighted by Crippen LogP contribution is 2.32. The van der Waals surface area contributed by atoms with E-state index in [4.69, 9.17) is 4.74 Å². The lowest BCUT2D eigenvalue weighted by Gasteiger charge is -2.32. The fourth-order valence-corrected chi connectivity index (χ4v) is 6.65. The molecule has 0 spiro atoms. The Bertz CT molecular complexity index is 1410. The van der Waals surface area contributed by atoms with Gasteiger partial charge >= 0.3 is 0 Å². The molecule has 2 N–H and O–H groups in total. The fourth-order valence-electron chi connectivity index (χ4n) is 5.83. The number of ether oxygens (including phenoxy) is 1. The molecule has 1 aliphatic rings. The zero-order chi connectivity index (χ0) is 31.6. The molecule has 1 aliphatic carbocycles. The predicted octanol–water partition coefficient (Wildman–Crippen LogP) is 5.03. The molecule has 0 saturated heterocycles. The number of anilines is 1. The molecule has 240 valence electrons. The Morgan fingerprint density at radius 2 is 1.84 bits per heavy atom. The number of aromatic nitrogens is 4. The minimum absolute atomic E-state index is 0.0441. The number of nitrogens with one attached hydrogen (secondary N) is 2. The van der Waals surface area contributed by atoms with Crippen LogP contribution in [0.15, 0.2) is 36.5 Å². The lowest BCUT2D eigenvalue weighted by molar-refractivity contribution is -0.119. The van der Waals surface area contributed by atoms with E-state index in [1.165, 1.54) is 0 Å². The van der Waals surface area contributed by atoms with Crippen LogP contribution in [0.4, 0.5) is 5.69 Å². The lowest BCUT2D eigenvalue weighted by atomic mass is 9.79. The molecule has 0 bridgehead atoms. The van der Waals surface area contributed by atoms with E-state index in [-0.39, 0.29) is 17.7 Å². The third-order valence-electron chi connectivity index (χ3n) is 8.32. The molecule has 10 nitrogen and oxygen atoms in total. The number of amides is 2. The number of hydrogen-bond donors (Lipinski definition) is 2. The summed E-state index contributed by atoms with van der Waals surface area (Å²) < 4.78 is 20.7. The van der Waals surface area contributed by atoms with Gasteiger partial charge in [0.1, 0.15) is 18.5 Å². The van der Waals surface area contributed by atoms with E-state index in [9.17, 15) is 13.8 Å². The van der Waals surface area contributed by atoms with E-state index >= 15 is 0 Å². The summed E-state index contributed by atoms with van der Waals surface area (Å²) in [5.74, 6) is 1.59. The van der Waals surface area contributed by atoms with Crippen LogP contribution in [0.3, 0.4) is 0 Å². The first kappa shape index (κ1) is 33.9. The van der Waals surface area contributed by atoms with Crippen LogP contribution in [0, 0.1) is 25.7 Å². The molecule has 2 aromatic heterocycles. The monoisotopic (exact) mass is 642 g/mol. The summed E-state index contributed by atoms with van der Waals surface area (Å²) in [6.45, 7) is 7.84. The normalized spacial score (nSPS) is 18.1. The second-order valence-corrected chi connectivity index (χ2v) is 14.2. The average Bonchev–Trinajstić information content (AvgIpc) is 3.58. The molecule has 2 atom stereocenters. The molecule has 2 amide bonds. The van der Waals surface area contributed by atoms with Crippen molar-refractivity contribution >= 4 is 40.1 Å². The lowest BCUT2D eigenvalue weighted by Crippen LogP contribution is -2.49. The maximum absolute atomic E-state index is 13.7. The second-order valence-electron chi connectivity index (χ2n) is 11.7. The van der Waals surface area contributed by atoms with E-state index < -0.39 is 16.8 Å². The standard InChI is InChI=1S/C32H46N6O4S2/c1-22-7-9-26(10-8-22)30(35-31(39)28-15-16-33-37(28)17-6-20-44(5)41)32(40)34-27-13-11-25(12-14-27)29-23(2)36-38(24(29)3)21-42-18-19-43-4/h11-16,22,26,30H,6-10,17-21H2,1-5H3,(H,34,40)(H,35,39)/t22?,26?,30-,44?/m0/s1. The van der Waals surface area contributed by atoms with Gasteiger partial charge in [0.2, 0.25) is 5.91 Å². The highest BCUT2D eigenvalue weighted by molar-refractivity contribution is 7.98. The van der Waals surface area contributed by atoms with E-state index in [1.54, 1.807) is 35.0 Å². The van der Waals surface area contributed by atoms with Gasteiger partial charge in [0.05, 0.1) is 12.3 Å². The van der Waals surface area contributed by atoms with Gasteiger partial charge < -0.3 is 15.4 Å². The van der Waals surface area contributed by atoms with Crippen LogP contribution < -0.4 is 10.6 Å². The van der Waals surface area contributed by atoms with Gasteiger partial charge in [0.25, 0.3) is 5.91 Å². The quantitative estimate of drug-likeness (QED) is 0.223. The van der Waals surface area contributed by atoms with Crippen molar-refractivity contribution in [3.05, 3.63) is 53.6 Å². The number of carbonyl (C=O) groups is 2. The Labute approximate surface area is 267 Å². The summed E-state index contributed by atoms with van der Waals surface area (Å²) >= 11 is 1.75. The summed E-state index contributed by atoms with van der Waals surface area (Å²) in [5, 5.41) is 15.1. The Kier molecular flexibility index (Phi) is 12.6. The molecule has 1 unspecified atom stereocenters. The summed E-state index contributed by atoms with van der Waals surface area (Å²) in [7, 11) is -0.906. The van der Waals surface area contributed by atoms with Gasteiger partial charge in [-0.2, -0.15) is 22.0 Å². The van der Waals surface area contributed by atoms with Crippen LogP contribution >= 0.6 is 11.8 Å². The maximum Gasteiger partial charge on any atom is 0.270 e. The van der Waals surface area contributed by atoms with Crippen molar-refractivity contribution in [3.8, 4) is 11.1 Å². The SMILES string of the molecule is CSCCOCn1nc(C)c(-c2ccc(NC(=O)[C@@H](NC(=O)c3ccnn3CCCS(C)=O)C3CCC(C)CC3)cc2)c1C. The smallest absolute Gasteiger partial charge is 0.270 e. The summed E-state index contributed by atoms with van der Waals surface area (Å²) in [4.78, 5) is 27.2. The van der Waals surface area contributed by atoms with Crippen molar-refractivity contribution < 1.29 is 18.5 Å². The molecular formula is C32H46N6O4S2. The third-order valence-corrected chi connectivity index (χ3v) is 9.76. The third kappa shape index (κ3) is 9.04. The van der Waals surface area contributed by atoms with Crippen molar-refractivity contribution in [2.24, 2.45) is 11.8 Å². The van der Waals surface area contributed by atoms with E-state index in [2.05, 4.69) is 34.0 Å². The molecule has 0 radical (unpaired) electrons. The van der Waals surface area contributed by atoms with Crippen LogP contribution in [0.5, 0.6) is 0 Å². The van der Waals surface area contributed by atoms with Gasteiger partial charge in [-0.25, -0.2) is 4.68 Å². The Morgan fingerprint density at radius 1 is 1.11 bits per heavy atom. The van der Waals surface area contributed by atoms with E-state index in [0.717, 1.165) is 54.0 Å². The van der Waals surface area contributed by atoms with Crippen molar-refractivity contribution in [2.75, 3.05) is 35.9 Å². The molecule has 1 fully saturated rings. The molecule has 2 heterocycles. The fraction of sp³-hybridized carbons (Fsp3) is 0.562. The van der Waals surface area contributed by atoms with Crippen LogP contribution in [-0.4, -0.2) is 72.3 Å². The van der Waals surface area contributed by atoms with Gasteiger partial charge in [-0.05, 0) is 75.0 Å². The molecule has 44 heavy (non-hydrogen) atoms. The summed E-state index contributed by atoms with van der Waals surface area (Å²) in [6.07, 6.45) is 9.77. The van der Waals surface area contributed by atoms with Crippen molar-refractivity contribution in [3.63, 3.8) is 0 Å². The molecule has 1 aromatic carbocycles. The molecule has 0 aliphatic heterocycles. The van der Waals surface area contributed by atoms with Crippen LogP contribution in [0.2, 0.25) is 0 Å². The first-order valence-corrected chi connectivity index (χ1v) is 18.4. The first-order valence-electron chi connectivity index (χ1n) is 15.3. The molecule has 4 rings (SSSR count). The number of benzene rings is 1. The number of hydrogen-bond acceptors (Lipinski definition) is 7. The molecular weight excluding hydrogens is 597 g/mol. The highest BCUT2D eigenvalue weighted by Gasteiger charge is 2.33. The van der Waals surface area contributed by atoms with E-state index in [0.29, 0.717) is 49.4 Å². The Hall–Kier alpha value is -2.96. The number of thioether (sulfide) groups is 1. The van der Waals surface area contributed by atoms with Crippen LogP contribution in [0.1, 0.15) is 60.9 Å². The highest BCUT2D eigenvalue weighted by atomic mass is 32.2. The van der Waals surface area contributed by atoms with Gasteiger partial charge in [0.15, 0.2) is 0 Å². The van der Waals surface area contributed by atoms with Gasteiger partial charge in [-0.15, -0.1) is 0 Å². The van der Waals surface area contributed by atoms with Gasteiger partial charge in [-0.1, -0.05) is 31.9 Å². The van der Waals surface area contributed by atoms with Crippen molar-refractivity contribution in [2.45, 2.75) is 72.2 Å². The molecule has 3 aromatic rings. The Balaban J connectivity index is 1.46. The number of carbonyl (C=O) groups excluding carboxylic acids is 2. The van der Waals surface area contributed by atoms with E-state index in [1.807, 2.05) is 42.8 Å². The summed E-state index contributed by atoms with van der Waals surface area (Å²) in [5.41, 5.74) is 5.09. The zero-order valence-corrected chi connectivity index (χ0v) is 28.1. The first-order chi connectivity index (χ1) is 21.2. The van der Waals surface area contributed by atoms with Crippen LogP contribution in [0.25, 0.3) is 11.1 Å². The van der Waals surface area contributed by atoms with Crippen molar-refractivity contribution in [1.82, 2.24) is 24.9 Å². The Morgan fingerprint density at radius 3 is 2.52 bits per heavy atom. The zero-order valence-electron chi connectivity index (χ0n) is 26.5. The number of aryl methyl sites for hydroxylation is 2. The maximum atomic E-state index is 13.7. The van der Waals surface area contributed by atoms with Gasteiger partial charge in [-0.3, -0.25) is 18.5 Å². The topological polar surface area (TPSA) is 120 Å². The van der Waals surface area contributed by atoms with Crippen molar-refractivity contribution in [1.29, 1.82) is 0 Å². The second kappa shape index (κ2) is 16.4. The molecule has 1 saturated carbocycles. The van der Waals surface area contributed by atoms with Gasteiger partial charge in [0, 0.05) is 58.2 Å².